The van der Waals surface area contributed by atoms with Gasteiger partial charge in [0, 0.05) is 12.1 Å². The number of halogens is 3. The molecular weight excluding hydrogens is 419 g/mol. The summed E-state index contributed by atoms with van der Waals surface area (Å²) < 4.78 is 55.9. The second-order valence-electron chi connectivity index (χ2n) is 6.34. The van der Waals surface area contributed by atoms with Crippen LogP contribution in [0.5, 0.6) is 11.5 Å². The quantitative estimate of drug-likeness (QED) is 0.570. The van der Waals surface area contributed by atoms with Crippen LogP contribution in [0.2, 0.25) is 0 Å². The van der Waals surface area contributed by atoms with Crippen molar-refractivity contribution >= 4 is 11.9 Å². The smallest absolute Gasteiger partial charge is 0.411 e. The van der Waals surface area contributed by atoms with Crippen LogP contribution >= 0.6 is 0 Å². The molecule has 0 heterocycles. The van der Waals surface area contributed by atoms with Crippen LogP contribution in [0.15, 0.2) is 42.5 Å². The molecule has 2 rings (SSSR count). The van der Waals surface area contributed by atoms with E-state index in [-0.39, 0.29) is 37.2 Å². The molecule has 168 valence electrons. The Morgan fingerprint density at radius 1 is 0.968 bits per heavy atom. The Kier molecular flexibility index (Phi) is 8.68. The Morgan fingerprint density at radius 3 is 2.26 bits per heavy atom. The van der Waals surface area contributed by atoms with Crippen molar-refractivity contribution in [2.24, 2.45) is 0 Å². The lowest BCUT2D eigenvalue weighted by Crippen LogP contribution is -2.23. The van der Waals surface area contributed by atoms with Crippen molar-refractivity contribution in [2.45, 2.75) is 19.3 Å². The van der Waals surface area contributed by atoms with E-state index in [1.54, 1.807) is 24.3 Å². The van der Waals surface area contributed by atoms with E-state index >= 15 is 0 Å². The number of carbonyl (C=O) groups excluding carboxylic acids is 2. The zero-order chi connectivity index (χ0) is 22.9. The molecule has 7 nitrogen and oxygen atoms in total. The number of carbonyl (C=O) groups is 2. The predicted octanol–water partition coefficient (Wildman–Crippen LogP) is 3.26. The van der Waals surface area contributed by atoms with Gasteiger partial charge in [-0.25, -0.2) is 4.79 Å². The van der Waals surface area contributed by atoms with Gasteiger partial charge in [-0.1, -0.05) is 24.3 Å². The lowest BCUT2D eigenvalue weighted by atomic mass is 10.1. The maximum absolute atomic E-state index is 12.4. The Morgan fingerprint density at radius 2 is 1.65 bits per heavy atom. The number of hydrogen-bond donors (Lipinski definition) is 1. The molecule has 0 atom stereocenters. The van der Waals surface area contributed by atoms with Crippen LogP contribution < -0.4 is 14.8 Å². The number of hydrogen-bond acceptors (Lipinski definition) is 6. The van der Waals surface area contributed by atoms with Crippen molar-refractivity contribution < 1.29 is 41.7 Å². The van der Waals surface area contributed by atoms with Gasteiger partial charge >= 0.3 is 12.1 Å². The SMILES string of the molecule is COC(=O)COc1ccc(C(=O)NCc2ccc(COCC(F)(F)F)cc2)cc1OC. The number of esters is 1. The third kappa shape index (κ3) is 8.17. The summed E-state index contributed by atoms with van der Waals surface area (Å²) in [5, 5.41) is 2.74. The van der Waals surface area contributed by atoms with Crippen LogP contribution in [0.1, 0.15) is 21.5 Å². The normalized spacial score (nSPS) is 11.0. The van der Waals surface area contributed by atoms with Crippen LogP contribution in [0.3, 0.4) is 0 Å². The summed E-state index contributed by atoms with van der Waals surface area (Å²) in [6.45, 7) is -1.54. The molecule has 2 aromatic rings. The van der Waals surface area contributed by atoms with E-state index in [1.807, 2.05) is 0 Å². The summed E-state index contributed by atoms with van der Waals surface area (Å²) in [5.41, 5.74) is 1.67. The van der Waals surface area contributed by atoms with Gasteiger partial charge in [0.05, 0.1) is 20.8 Å². The van der Waals surface area contributed by atoms with Gasteiger partial charge < -0.3 is 24.3 Å². The van der Waals surface area contributed by atoms with Crippen molar-refractivity contribution in [2.75, 3.05) is 27.4 Å². The summed E-state index contributed by atoms with van der Waals surface area (Å²) in [5.74, 6) is -0.357. The van der Waals surface area contributed by atoms with Crippen molar-refractivity contribution in [3.63, 3.8) is 0 Å². The molecule has 0 aliphatic carbocycles. The second kappa shape index (κ2) is 11.2. The number of methoxy groups -OCH3 is 2. The molecule has 0 saturated heterocycles. The third-order valence-electron chi connectivity index (χ3n) is 4.01. The van der Waals surface area contributed by atoms with Gasteiger partial charge in [-0.2, -0.15) is 13.2 Å². The van der Waals surface area contributed by atoms with Crippen molar-refractivity contribution in [3.05, 3.63) is 59.2 Å². The lowest BCUT2D eigenvalue weighted by molar-refractivity contribution is -0.176. The molecule has 2 aromatic carbocycles. The minimum absolute atomic E-state index is 0.156. The van der Waals surface area contributed by atoms with E-state index in [9.17, 15) is 22.8 Å². The fraction of sp³-hybridized carbons (Fsp3) is 0.333. The second-order valence-corrected chi connectivity index (χ2v) is 6.34. The minimum Gasteiger partial charge on any atom is -0.493 e. The number of alkyl halides is 3. The monoisotopic (exact) mass is 441 g/mol. The third-order valence-corrected chi connectivity index (χ3v) is 4.01. The topological polar surface area (TPSA) is 83.1 Å². The molecule has 0 aliphatic heterocycles. The van der Waals surface area contributed by atoms with Crippen LogP contribution in [-0.2, 0) is 27.4 Å². The minimum atomic E-state index is -4.36. The first-order chi connectivity index (χ1) is 14.7. The predicted molar refractivity (Wildman–Crippen MR) is 104 cm³/mol. The largest absolute Gasteiger partial charge is 0.493 e. The highest BCUT2D eigenvalue weighted by molar-refractivity contribution is 5.94. The molecule has 1 amide bonds. The number of rotatable bonds is 10. The highest BCUT2D eigenvalue weighted by Crippen LogP contribution is 2.28. The Bertz CT molecular complexity index is 884. The average molecular weight is 441 g/mol. The average Bonchev–Trinajstić information content (AvgIpc) is 2.75. The molecule has 1 N–H and O–H groups in total. The van der Waals surface area contributed by atoms with E-state index in [0.29, 0.717) is 11.1 Å². The molecule has 0 fully saturated rings. The maximum atomic E-state index is 12.4. The molecule has 0 saturated carbocycles. The first kappa shape index (κ1) is 24.0. The first-order valence-corrected chi connectivity index (χ1v) is 9.10. The van der Waals surface area contributed by atoms with E-state index in [2.05, 4.69) is 14.8 Å². The molecule has 31 heavy (non-hydrogen) atoms. The summed E-state index contributed by atoms with van der Waals surface area (Å²) in [4.78, 5) is 23.6. The number of benzene rings is 2. The van der Waals surface area contributed by atoms with Crippen LogP contribution in [0.25, 0.3) is 0 Å². The van der Waals surface area contributed by atoms with Crippen LogP contribution in [0.4, 0.5) is 13.2 Å². The van der Waals surface area contributed by atoms with Gasteiger partial charge in [0.1, 0.15) is 6.61 Å². The summed E-state index contributed by atoms with van der Waals surface area (Å²) >= 11 is 0. The van der Waals surface area contributed by atoms with Crippen LogP contribution in [-0.4, -0.2) is 45.5 Å². The Hall–Kier alpha value is -3.27. The standard InChI is InChI=1S/C21H22F3NO6/c1-28-18-9-16(7-8-17(18)31-12-19(26)29-2)20(27)25-10-14-3-5-15(6-4-14)11-30-13-21(22,23)24/h3-9H,10-13H2,1-2H3,(H,25,27). The highest BCUT2D eigenvalue weighted by atomic mass is 19.4. The Balaban J connectivity index is 1.89. The molecule has 10 heteroatoms. The molecule has 0 spiro atoms. The zero-order valence-corrected chi connectivity index (χ0v) is 17.0. The number of nitrogens with one attached hydrogen (secondary N) is 1. The van der Waals surface area contributed by atoms with Gasteiger partial charge in [-0.05, 0) is 29.3 Å². The molecule has 0 radical (unpaired) electrons. The van der Waals surface area contributed by atoms with E-state index < -0.39 is 18.8 Å². The zero-order valence-electron chi connectivity index (χ0n) is 17.0. The summed E-state index contributed by atoms with van der Waals surface area (Å²) in [7, 11) is 2.65. The fourth-order valence-electron chi connectivity index (χ4n) is 2.45. The van der Waals surface area contributed by atoms with Gasteiger partial charge in [0.2, 0.25) is 0 Å². The van der Waals surface area contributed by atoms with Crippen LogP contribution in [0, 0.1) is 0 Å². The number of ether oxygens (including phenoxy) is 4. The fourth-order valence-corrected chi connectivity index (χ4v) is 2.45. The first-order valence-electron chi connectivity index (χ1n) is 9.10. The summed E-state index contributed by atoms with van der Waals surface area (Å²) in [6, 6.07) is 11.2. The van der Waals surface area contributed by atoms with E-state index in [0.717, 1.165) is 5.56 Å². The van der Waals surface area contributed by atoms with Gasteiger partial charge in [-0.3, -0.25) is 4.79 Å². The maximum Gasteiger partial charge on any atom is 0.411 e. The van der Waals surface area contributed by atoms with E-state index in [4.69, 9.17) is 9.47 Å². The molecule has 0 unspecified atom stereocenters. The Labute approximate surface area is 177 Å². The molecule has 0 bridgehead atoms. The van der Waals surface area contributed by atoms with Crippen molar-refractivity contribution in [1.29, 1.82) is 0 Å². The van der Waals surface area contributed by atoms with E-state index in [1.165, 1.54) is 32.4 Å². The molecule has 0 aromatic heterocycles. The van der Waals surface area contributed by atoms with Gasteiger partial charge in [0.25, 0.3) is 5.91 Å². The highest BCUT2D eigenvalue weighted by Gasteiger charge is 2.27. The van der Waals surface area contributed by atoms with Gasteiger partial charge in [-0.15, -0.1) is 0 Å². The van der Waals surface area contributed by atoms with Crippen molar-refractivity contribution in [1.82, 2.24) is 5.32 Å². The van der Waals surface area contributed by atoms with Gasteiger partial charge in [0.15, 0.2) is 18.1 Å². The molecular formula is C21H22F3NO6. The van der Waals surface area contributed by atoms with Crippen molar-refractivity contribution in [3.8, 4) is 11.5 Å². The lowest BCUT2D eigenvalue weighted by Gasteiger charge is -2.12. The molecule has 0 aliphatic rings. The number of amides is 1. The summed E-state index contributed by atoms with van der Waals surface area (Å²) in [6.07, 6.45) is -4.36.